The first-order valence-electron chi connectivity index (χ1n) is 8.72. The first-order chi connectivity index (χ1) is 12.3. The van der Waals surface area contributed by atoms with Crippen LogP contribution < -0.4 is 10.6 Å². The van der Waals surface area contributed by atoms with Crippen molar-refractivity contribution in [2.45, 2.75) is 33.4 Å². The van der Waals surface area contributed by atoms with Crippen molar-refractivity contribution in [1.82, 2.24) is 15.6 Å². The molecule has 26 heavy (non-hydrogen) atoms. The number of aryl methyl sites for hydroxylation is 1. The highest BCUT2D eigenvalue weighted by atomic mass is 127. The average molecular weight is 480 g/mol. The lowest BCUT2D eigenvalue weighted by molar-refractivity contribution is 0.824. The van der Waals surface area contributed by atoms with Gasteiger partial charge < -0.3 is 10.6 Å². The lowest BCUT2D eigenvalue weighted by Crippen LogP contribution is -2.36. The van der Waals surface area contributed by atoms with Crippen molar-refractivity contribution in [3.8, 4) is 0 Å². The fraction of sp³-hybridized carbons (Fsp3) is 0.300. The minimum atomic E-state index is 0. The number of halogens is 1. The largest absolute Gasteiger partial charge is 0.357 e. The highest BCUT2D eigenvalue weighted by molar-refractivity contribution is 14.0. The second kappa shape index (κ2) is 10.5. The molecule has 0 saturated heterocycles. The standard InChI is InChI=1S/C20H24N4S.HI/c1-3-17-10-11-18(25-17)14-24-20(21-4-2)23-13-16-8-5-7-15-9-6-12-22-19(15)16;/h5-12H,3-4,13-14H2,1-2H3,(H2,21,23,24);1H. The molecule has 0 bridgehead atoms. The predicted molar refractivity (Wildman–Crippen MR) is 123 cm³/mol. The van der Waals surface area contributed by atoms with Crippen LogP contribution in [0.2, 0.25) is 0 Å². The molecule has 0 unspecified atom stereocenters. The quantitative estimate of drug-likeness (QED) is 0.305. The smallest absolute Gasteiger partial charge is 0.191 e. The number of hydrogen-bond acceptors (Lipinski definition) is 3. The van der Waals surface area contributed by atoms with Gasteiger partial charge in [-0.25, -0.2) is 4.99 Å². The fourth-order valence-electron chi connectivity index (χ4n) is 2.68. The number of pyridine rings is 1. The topological polar surface area (TPSA) is 49.3 Å². The fourth-order valence-corrected chi connectivity index (χ4v) is 3.58. The minimum Gasteiger partial charge on any atom is -0.357 e. The zero-order valence-electron chi connectivity index (χ0n) is 15.2. The molecule has 0 aliphatic heterocycles. The Bertz CT molecular complexity index is 854. The van der Waals surface area contributed by atoms with E-state index in [0.29, 0.717) is 6.54 Å². The van der Waals surface area contributed by atoms with Crippen molar-refractivity contribution in [3.63, 3.8) is 0 Å². The number of hydrogen-bond donors (Lipinski definition) is 2. The molecular weight excluding hydrogens is 455 g/mol. The predicted octanol–water partition coefficient (Wildman–Crippen LogP) is 4.73. The van der Waals surface area contributed by atoms with E-state index in [4.69, 9.17) is 4.99 Å². The number of guanidine groups is 1. The molecule has 138 valence electrons. The third kappa shape index (κ3) is 5.41. The Balaban J connectivity index is 0.00000243. The van der Waals surface area contributed by atoms with Gasteiger partial charge >= 0.3 is 0 Å². The van der Waals surface area contributed by atoms with Crippen LogP contribution >= 0.6 is 35.3 Å². The maximum Gasteiger partial charge on any atom is 0.191 e. The van der Waals surface area contributed by atoms with Crippen molar-refractivity contribution < 1.29 is 0 Å². The Morgan fingerprint density at radius 3 is 2.62 bits per heavy atom. The van der Waals surface area contributed by atoms with Crippen molar-refractivity contribution in [3.05, 3.63) is 64.0 Å². The van der Waals surface area contributed by atoms with E-state index >= 15 is 0 Å². The molecule has 4 nitrogen and oxygen atoms in total. The number of nitrogens with one attached hydrogen (secondary N) is 2. The zero-order valence-corrected chi connectivity index (χ0v) is 18.3. The molecule has 2 heterocycles. The lowest BCUT2D eigenvalue weighted by atomic mass is 10.1. The van der Waals surface area contributed by atoms with Gasteiger partial charge in [-0.05, 0) is 37.1 Å². The molecule has 0 aliphatic carbocycles. The molecular formula is C20H25IN4S. The van der Waals surface area contributed by atoms with Gasteiger partial charge in [0.1, 0.15) is 0 Å². The van der Waals surface area contributed by atoms with Gasteiger partial charge in [0.15, 0.2) is 5.96 Å². The first kappa shape index (κ1) is 20.6. The summed E-state index contributed by atoms with van der Waals surface area (Å²) in [7, 11) is 0. The van der Waals surface area contributed by atoms with Crippen LogP contribution in [0.3, 0.4) is 0 Å². The molecule has 0 spiro atoms. The van der Waals surface area contributed by atoms with Crippen LogP contribution in [0.25, 0.3) is 10.9 Å². The van der Waals surface area contributed by atoms with Gasteiger partial charge in [-0.15, -0.1) is 35.3 Å². The lowest BCUT2D eigenvalue weighted by Gasteiger charge is -2.11. The van der Waals surface area contributed by atoms with E-state index in [1.165, 1.54) is 9.75 Å². The van der Waals surface area contributed by atoms with Crippen LogP contribution in [0.15, 0.2) is 53.7 Å². The Morgan fingerprint density at radius 1 is 1.04 bits per heavy atom. The summed E-state index contributed by atoms with van der Waals surface area (Å²) in [6.07, 6.45) is 2.92. The highest BCUT2D eigenvalue weighted by Crippen LogP contribution is 2.17. The van der Waals surface area contributed by atoms with Crippen LogP contribution in [0.1, 0.15) is 29.2 Å². The highest BCUT2D eigenvalue weighted by Gasteiger charge is 2.04. The molecule has 6 heteroatoms. The third-order valence-electron chi connectivity index (χ3n) is 3.96. The number of para-hydroxylation sites is 1. The number of aliphatic imine (C=N–C) groups is 1. The number of aromatic nitrogens is 1. The summed E-state index contributed by atoms with van der Waals surface area (Å²) in [4.78, 5) is 12.0. The Morgan fingerprint density at radius 2 is 1.85 bits per heavy atom. The number of thiophene rings is 1. The second-order valence-electron chi connectivity index (χ2n) is 5.76. The van der Waals surface area contributed by atoms with Crippen molar-refractivity contribution in [2.24, 2.45) is 4.99 Å². The van der Waals surface area contributed by atoms with Crippen molar-refractivity contribution in [1.29, 1.82) is 0 Å². The Kier molecular flexibility index (Phi) is 8.31. The van der Waals surface area contributed by atoms with Crippen LogP contribution in [-0.4, -0.2) is 17.5 Å². The maximum atomic E-state index is 4.73. The zero-order chi connectivity index (χ0) is 17.5. The molecule has 3 rings (SSSR count). The average Bonchev–Trinajstić information content (AvgIpc) is 3.12. The SMILES string of the molecule is CCNC(=NCc1cccc2cccnc12)NCc1ccc(CC)s1.I. The number of benzene rings is 1. The third-order valence-corrected chi connectivity index (χ3v) is 5.19. The summed E-state index contributed by atoms with van der Waals surface area (Å²) in [5.41, 5.74) is 2.16. The van der Waals surface area contributed by atoms with Gasteiger partial charge in [-0.1, -0.05) is 31.2 Å². The summed E-state index contributed by atoms with van der Waals surface area (Å²) in [6.45, 7) is 6.51. The molecule has 2 aromatic heterocycles. The Labute approximate surface area is 176 Å². The molecule has 0 radical (unpaired) electrons. The summed E-state index contributed by atoms with van der Waals surface area (Å²) >= 11 is 1.85. The van der Waals surface area contributed by atoms with Crippen molar-refractivity contribution >= 4 is 52.2 Å². The maximum absolute atomic E-state index is 4.73. The van der Waals surface area contributed by atoms with E-state index < -0.39 is 0 Å². The van der Waals surface area contributed by atoms with Gasteiger partial charge in [0.05, 0.1) is 18.6 Å². The summed E-state index contributed by atoms with van der Waals surface area (Å²) in [5.74, 6) is 0.835. The van der Waals surface area contributed by atoms with Crippen LogP contribution in [0.4, 0.5) is 0 Å². The molecule has 0 amide bonds. The van der Waals surface area contributed by atoms with Gasteiger partial charge in [0.2, 0.25) is 0 Å². The number of nitrogens with zero attached hydrogens (tertiary/aromatic N) is 2. The van der Waals surface area contributed by atoms with Gasteiger partial charge in [-0.3, -0.25) is 4.98 Å². The summed E-state index contributed by atoms with van der Waals surface area (Å²) in [5, 5.41) is 7.89. The molecule has 0 fully saturated rings. The van der Waals surface area contributed by atoms with Gasteiger partial charge in [0.25, 0.3) is 0 Å². The number of rotatable bonds is 6. The number of fused-ring (bicyclic) bond motifs is 1. The minimum absolute atomic E-state index is 0. The monoisotopic (exact) mass is 480 g/mol. The first-order valence-corrected chi connectivity index (χ1v) is 9.54. The Hall–Kier alpha value is -1.67. The van der Waals surface area contributed by atoms with E-state index in [2.05, 4.69) is 65.9 Å². The van der Waals surface area contributed by atoms with Gasteiger partial charge in [-0.2, -0.15) is 0 Å². The normalized spacial score (nSPS) is 11.2. The van der Waals surface area contributed by atoms with Crippen molar-refractivity contribution in [2.75, 3.05) is 6.54 Å². The summed E-state index contributed by atoms with van der Waals surface area (Å²) < 4.78 is 0. The van der Waals surface area contributed by atoms with E-state index in [-0.39, 0.29) is 24.0 Å². The van der Waals surface area contributed by atoms with Crippen LogP contribution in [-0.2, 0) is 19.5 Å². The van der Waals surface area contributed by atoms with Crippen LogP contribution in [0, 0.1) is 0 Å². The van der Waals surface area contributed by atoms with E-state index in [0.717, 1.165) is 41.9 Å². The molecule has 1 aromatic carbocycles. The van der Waals surface area contributed by atoms with E-state index in [1.54, 1.807) is 0 Å². The van der Waals surface area contributed by atoms with E-state index in [1.807, 2.05) is 23.6 Å². The molecule has 0 saturated carbocycles. The molecule has 3 aromatic rings. The van der Waals surface area contributed by atoms with Gasteiger partial charge in [0, 0.05) is 27.9 Å². The summed E-state index contributed by atoms with van der Waals surface area (Å²) in [6, 6.07) is 14.7. The molecule has 0 atom stereocenters. The molecule has 2 N–H and O–H groups in total. The van der Waals surface area contributed by atoms with Crippen LogP contribution in [0.5, 0.6) is 0 Å². The second-order valence-corrected chi connectivity index (χ2v) is 7.02. The van der Waals surface area contributed by atoms with E-state index in [9.17, 15) is 0 Å². The molecule has 0 aliphatic rings.